The molecule has 0 atom stereocenters. The summed E-state index contributed by atoms with van der Waals surface area (Å²) in [7, 11) is 0. The molecule has 1 saturated carbocycles. The van der Waals surface area contributed by atoms with E-state index in [2.05, 4.69) is 4.90 Å². The van der Waals surface area contributed by atoms with Crippen molar-refractivity contribution in [3.05, 3.63) is 0 Å². The molecule has 2 N–H and O–H groups in total. The number of likely N-dealkylation sites (tertiary alicyclic amines) is 1. The molecule has 15 heavy (non-hydrogen) atoms. The van der Waals surface area contributed by atoms with Crippen LogP contribution in [0, 0.1) is 0 Å². The zero-order valence-electron chi connectivity index (χ0n) is 10.0. The molecule has 0 aromatic rings. The fourth-order valence-electron chi connectivity index (χ4n) is 2.80. The van der Waals surface area contributed by atoms with Crippen LogP contribution in [0.25, 0.3) is 0 Å². The van der Waals surface area contributed by atoms with Crippen molar-refractivity contribution in [2.45, 2.75) is 63.3 Å². The molecule has 0 aromatic carbocycles. The van der Waals surface area contributed by atoms with Gasteiger partial charge in [0.05, 0.1) is 0 Å². The molecule has 0 radical (unpaired) electrons. The highest BCUT2D eigenvalue weighted by Gasteiger charge is 2.32. The quantitative estimate of drug-likeness (QED) is 0.775. The normalized spacial score (nSPS) is 27.8. The molecule has 2 fully saturated rings. The van der Waals surface area contributed by atoms with E-state index in [-0.39, 0.29) is 5.54 Å². The van der Waals surface area contributed by atoms with Crippen LogP contribution >= 0.6 is 0 Å². The number of nitrogens with zero attached hydrogens (tertiary/aromatic N) is 1. The van der Waals surface area contributed by atoms with Crippen LogP contribution in [-0.4, -0.2) is 30.1 Å². The first-order chi connectivity index (χ1) is 7.29. The maximum atomic E-state index is 6.26. The fourth-order valence-corrected chi connectivity index (χ4v) is 2.80. The summed E-state index contributed by atoms with van der Waals surface area (Å²) in [4.78, 5) is 2.64. The molecule has 0 amide bonds. The Morgan fingerprint density at radius 2 is 1.47 bits per heavy atom. The summed E-state index contributed by atoms with van der Waals surface area (Å²) in [6, 6.07) is 0. The Morgan fingerprint density at radius 1 is 0.867 bits per heavy atom. The molecule has 1 aliphatic heterocycles. The molecule has 0 unspecified atom stereocenters. The lowest BCUT2D eigenvalue weighted by Gasteiger charge is -2.40. The van der Waals surface area contributed by atoms with Crippen molar-refractivity contribution in [3.8, 4) is 0 Å². The van der Waals surface area contributed by atoms with Crippen LogP contribution in [0.3, 0.4) is 0 Å². The third-order valence-corrected chi connectivity index (χ3v) is 4.22. The smallest absolute Gasteiger partial charge is 0.0166 e. The summed E-state index contributed by atoms with van der Waals surface area (Å²) in [6.07, 6.45) is 12.2. The van der Waals surface area contributed by atoms with Gasteiger partial charge in [-0.2, -0.15) is 0 Å². The second kappa shape index (κ2) is 5.31. The van der Waals surface area contributed by atoms with E-state index in [4.69, 9.17) is 5.73 Å². The molecule has 2 aliphatic rings. The first-order valence-electron chi connectivity index (χ1n) is 6.80. The van der Waals surface area contributed by atoms with E-state index in [1.807, 2.05) is 0 Å². The molecule has 2 rings (SSSR count). The monoisotopic (exact) mass is 210 g/mol. The zero-order valence-corrected chi connectivity index (χ0v) is 10.0. The van der Waals surface area contributed by atoms with Gasteiger partial charge in [-0.25, -0.2) is 0 Å². The summed E-state index contributed by atoms with van der Waals surface area (Å²) in [6.45, 7) is 3.88. The average Bonchev–Trinajstić information content (AvgIpc) is 2.13. The number of hydrogen-bond acceptors (Lipinski definition) is 2. The van der Waals surface area contributed by atoms with Crippen LogP contribution in [0.1, 0.15) is 57.8 Å². The maximum Gasteiger partial charge on any atom is 0.0166 e. The predicted octanol–water partition coefficient (Wildman–Crippen LogP) is 2.52. The molecule has 2 heteroatoms. The van der Waals surface area contributed by atoms with Crippen LogP contribution in [0.5, 0.6) is 0 Å². The second-order valence-corrected chi connectivity index (χ2v) is 5.58. The SMILES string of the molecule is NC1(CCN2CCCCCCC2)CCC1. The third kappa shape index (κ3) is 3.46. The first-order valence-corrected chi connectivity index (χ1v) is 6.80. The van der Waals surface area contributed by atoms with Crippen molar-refractivity contribution in [2.24, 2.45) is 5.73 Å². The topological polar surface area (TPSA) is 29.3 Å². The van der Waals surface area contributed by atoms with E-state index >= 15 is 0 Å². The van der Waals surface area contributed by atoms with Crippen LogP contribution in [0.15, 0.2) is 0 Å². The van der Waals surface area contributed by atoms with Crippen LogP contribution in [0.4, 0.5) is 0 Å². The number of rotatable bonds is 3. The van der Waals surface area contributed by atoms with E-state index in [0.29, 0.717) is 0 Å². The Balaban J connectivity index is 1.67. The van der Waals surface area contributed by atoms with Gasteiger partial charge in [-0.05, 0) is 58.2 Å². The van der Waals surface area contributed by atoms with Gasteiger partial charge in [0, 0.05) is 5.54 Å². The molecule has 0 spiro atoms. The van der Waals surface area contributed by atoms with Gasteiger partial charge in [-0.15, -0.1) is 0 Å². The molecule has 0 bridgehead atoms. The Hall–Kier alpha value is -0.0800. The lowest BCUT2D eigenvalue weighted by atomic mass is 9.75. The summed E-state index contributed by atoms with van der Waals surface area (Å²) in [5.74, 6) is 0. The Labute approximate surface area is 94.2 Å². The van der Waals surface area contributed by atoms with E-state index < -0.39 is 0 Å². The van der Waals surface area contributed by atoms with E-state index in [1.165, 1.54) is 77.4 Å². The van der Waals surface area contributed by atoms with Gasteiger partial charge in [-0.1, -0.05) is 19.3 Å². The van der Waals surface area contributed by atoms with Crippen molar-refractivity contribution >= 4 is 0 Å². The summed E-state index contributed by atoms with van der Waals surface area (Å²) < 4.78 is 0. The Kier molecular flexibility index (Phi) is 4.04. The summed E-state index contributed by atoms with van der Waals surface area (Å²) in [5, 5.41) is 0. The van der Waals surface area contributed by atoms with E-state index in [0.717, 1.165) is 0 Å². The van der Waals surface area contributed by atoms with E-state index in [9.17, 15) is 0 Å². The Morgan fingerprint density at radius 3 is 2.00 bits per heavy atom. The zero-order chi connectivity index (χ0) is 10.6. The minimum absolute atomic E-state index is 0.225. The van der Waals surface area contributed by atoms with Crippen molar-refractivity contribution in [1.82, 2.24) is 4.90 Å². The Bertz CT molecular complexity index is 179. The molecule has 1 aliphatic carbocycles. The van der Waals surface area contributed by atoms with Crippen molar-refractivity contribution < 1.29 is 0 Å². The first kappa shape index (κ1) is 11.4. The largest absolute Gasteiger partial charge is 0.325 e. The van der Waals surface area contributed by atoms with Crippen LogP contribution < -0.4 is 5.73 Å². The molecule has 1 heterocycles. The molecule has 2 nitrogen and oxygen atoms in total. The van der Waals surface area contributed by atoms with Gasteiger partial charge in [0.25, 0.3) is 0 Å². The predicted molar refractivity (Wildman–Crippen MR) is 64.9 cm³/mol. The number of nitrogens with two attached hydrogens (primary N) is 1. The van der Waals surface area contributed by atoms with Crippen molar-refractivity contribution in [2.75, 3.05) is 19.6 Å². The minimum Gasteiger partial charge on any atom is -0.325 e. The highest BCUT2D eigenvalue weighted by molar-refractivity contribution is 4.93. The van der Waals surface area contributed by atoms with Gasteiger partial charge >= 0.3 is 0 Å². The van der Waals surface area contributed by atoms with Gasteiger partial charge in [0.2, 0.25) is 0 Å². The average molecular weight is 210 g/mol. The van der Waals surface area contributed by atoms with Crippen LogP contribution in [-0.2, 0) is 0 Å². The maximum absolute atomic E-state index is 6.26. The highest BCUT2D eigenvalue weighted by Crippen LogP contribution is 2.32. The number of hydrogen-bond donors (Lipinski definition) is 1. The van der Waals surface area contributed by atoms with Gasteiger partial charge in [0.1, 0.15) is 0 Å². The molecular weight excluding hydrogens is 184 g/mol. The van der Waals surface area contributed by atoms with Crippen LogP contribution in [0.2, 0.25) is 0 Å². The van der Waals surface area contributed by atoms with Crippen molar-refractivity contribution in [1.29, 1.82) is 0 Å². The second-order valence-electron chi connectivity index (χ2n) is 5.58. The molecule has 1 saturated heterocycles. The van der Waals surface area contributed by atoms with E-state index in [1.54, 1.807) is 0 Å². The van der Waals surface area contributed by atoms with Gasteiger partial charge in [-0.3, -0.25) is 0 Å². The highest BCUT2D eigenvalue weighted by atomic mass is 15.1. The fraction of sp³-hybridized carbons (Fsp3) is 1.00. The summed E-state index contributed by atoms with van der Waals surface area (Å²) >= 11 is 0. The van der Waals surface area contributed by atoms with Gasteiger partial charge in [0.15, 0.2) is 0 Å². The minimum atomic E-state index is 0.225. The lowest BCUT2D eigenvalue weighted by Crippen LogP contribution is -2.49. The van der Waals surface area contributed by atoms with Crippen molar-refractivity contribution in [3.63, 3.8) is 0 Å². The third-order valence-electron chi connectivity index (χ3n) is 4.22. The summed E-state index contributed by atoms with van der Waals surface area (Å²) in [5.41, 5.74) is 6.49. The molecular formula is C13H26N2. The lowest BCUT2D eigenvalue weighted by molar-refractivity contribution is 0.173. The molecule has 88 valence electrons. The standard InChI is InChI=1S/C13H26N2/c14-13(7-6-8-13)9-12-15-10-4-2-1-3-5-11-15/h1-12,14H2. The molecule has 0 aromatic heterocycles. The van der Waals surface area contributed by atoms with Gasteiger partial charge < -0.3 is 10.6 Å².